The van der Waals surface area contributed by atoms with E-state index in [-0.39, 0.29) is 0 Å². The van der Waals surface area contributed by atoms with E-state index in [1.54, 1.807) is 0 Å². The van der Waals surface area contributed by atoms with Crippen molar-refractivity contribution in [3.05, 3.63) is 11.6 Å². The Morgan fingerprint density at radius 2 is 1.89 bits per heavy atom. The molecule has 2 aliphatic carbocycles. The molecule has 0 saturated heterocycles. The fraction of sp³-hybridized carbons (Fsp3) is 0.857. The van der Waals surface area contributed by atoms with Gasteiger partial charge in [0.05, 0.1) is 6.04 Å². The van der Waals surface area contributed by atoms with E-state index in [0.29, 0.717) is 18.0 Å². The summed E-state index contributed by atoms with van der Waals surface area (Å²) >= 11 is 0. The van der Waals surface area contributed by atoms with E-state index in [0.717, 1.165) is 18.7 Å². The van der Waals surface area contributed by atoms with Crippen LogP contribution in [0.4, 0.5) is 0 Å². The molecule has 1 aromatic rings. The summed E-state index contributed by atoms with van der Waals surface area (Å²) in [5, 5.41) is 4.67. The summed E-state index contributed by atoms with van der Waals surface area (Å²) in [5.74, 6) is 2.69. The molecule has 3 rings (SSSR count). The summed E-state index contributed by atoms with van der Waals surface area (Å²) in [4.78, 5) is 4.70. The van der Waals surface area contributed by atoms with Gasteiger partial charge in [0.25, 0.3) is 0 Å². The summed E-state index contributed by atoms with van der Waals surface area (Å²) in [6.07, 6.45) is 10.0. The molecule has 0 bridgehead atoms. The van der Waals surface area contributed by atoms with Crippen LogP contribution >= 0.6 is 0 Å². The van der Waals surface area contributed by atoms with Gasteiger partial charge in [-0.1, -0.05) is 19.3 Å². The van der Waals surface area contributed by atoms with Crippen LogP contribution in [0.2, 0.25) is 0 Å². The average molecular weight is 248 g/mol. The molecule has 4 nitrogen and oxygen atoms in total. The lowest BCUT2D eigenvalue weighted by molar-refractivity contribution is 0.314. The second kappa shape index (κ2) is 5.00. The Morgan fingerprint density at radius 1 is 1.11 bits per heavy atom. The van der Waals surface area contributed by atoms with Gasteiger partial charge in [0, 0.05) is 12.0 Å². The van der Waals surface area contributed by atoms with Crippen LogP contribution in [0.5, 0.6) is 0 Å². The highest BCUT2D eigenvalue weighted by Gasteiger charge is 2.30. The Morgan fingerprint density at radius 3 is 2.56 bits per heavy atom. The zero-order valence-electron chi connectivity index (χ0n) is 11.3. The van der Waals surface area contributed by atoms with Crippen molar-refractivity contribution in [1.82, 2.24) is 14.8 Å². The third-order valence-corrected chi connectivity index (χ3v) is 4.52. The van der Waals surface area contributed by atoms with E-state index >= 15 is 0 Å². The number of nitrogens with zero attached hydrogens (tertiary/aromatic N) is 3. The van der Waals surface area contributed by atoms with Crippen LogP contribution in [0.25, 0.3) is 0 Å². The first kappa shape index (κ1) is 12.2. The predicted octanol–water partition coefficient (Wildman–Crippen LogP) is 2.69. The highest BCUT2D eigenvalue weighted by Crippen LogP contribution is 2.36. The molecule has 2 aliphatic rings. The quantitative estimate of drug-likeness (QED) is 0.875. The molecule has 1 heterocycles. The standard InChI is InChI=1S/C14H24N4/c1-10-16-14(11-7-8-12(15)9-11)18(17-10)13-5-3-2-4-6-13/h11-13H,2-9,15H2,1H3/t11-,12+/m0/s1. The van der Waals surface area contributed by atoms with Crippen LogP contribution in [0, 0.1) is 6.92 Å². The Kier molecular flexibility index (Phi) is 3.37. The minimum absolute atomic E-state index is 0.367. The molecule has 1 aromatic heterocycles. The van der Waals surface area contributed by atoms with Gasteiger partial charge >= 0.3 is 0 Å². The normalized spacial score (nSPS) is 29.9. The Balaban J connectivity index is 1.84. The van der Waals surface area contributed by atoms with Gasteiger partial charge in [-0.15, -0.1) is 0 Å². The summed E-state index contributed by atoms with van der Waals surface area (Å²) in [6.45, 7) is 2.01. The second-order valence-corrected chi connectivity index (χ2v) is 6.02. The third-order valence-electron chi connectivity index (χ3n) is 4.52. The molecule has 100 valence electrons. The van der Waals surface area contributed by atoms with Gasteiger partial charge in [-0.05, 0) is 39.0 Å². The Bertz CT molecular complexity index is 384. The lowest BCUT2D eigenvalue weighted by atomic mass is 9.95. The zero-order chi connectivity index (χ0) is 12.5. The molecule has 0 aliphatic heterocycles. The molecule has 0 spiro atoms. The highest BCUT2D eigenvalue weighted by molar-refractivity contribution is 5.05. The van der Waals surface area contributed by atoms with Crippen molar-refractivity contribution in [3.63, 3.8) is 0 Å². The first-order chi connectivity index (χ1) is 8.74. The number of nitrogens with two attached hydrogens (primary N) is 1. The van der Waals surface area contributed by atoms with E-state index in [9.17, 15) is 0 Å². The molecule has 0 unspecified atom stereocenters. The van der Waals surface area contributed by atoms with Crippen LogP contribution in [-0.2, 0) is 0 Å². The Labute approximate surface area is 109 Å². The van der Waals surface area contributed by atoms with Crippen LogP contribution in [0.3, 0.4) is 0 Å². The lowest BCUT2D eigenvalue weighted by Gasteiger charge is -2.24. The zero-order valence-corrected chi connectivity index (χ0v) is 11.3. The van der Waals surface area contributed by atoms with Crippen molar-refractivity contribution in [2.75, 3.05) is 0 Å². The van der Waals surface area contributed by atoms with E-state index in [4.69, 9.17) is 10.7 Å². The summed E-state index contributed by atoms with van der Waals surface area (Å²) in [7, 11) is 0. The van der Waals surface area contributed by atoms with Gasteiger partial charge in [-0.2, -0.15) is 5.10 Å². The van der Waals surface area contributed by atoms with Crippen LogP contribution in [-0.4, -0.2) is 20.8 Å². The minimum Gasteiger partial charge on any atom is -0.328 e. The molecular formula is C14H24N4. The van der Waals surface area contributed by atoms with E-state index in [2.05, 4.69) is 9.78 Å². The molecular weight excluding hydrogens is 224 g/mol. The van der Waals surface area contributed by atoms with Crippen LogP contribution in [0.15, 0.2) is 0 Å². The summed E-state index contributed by atoms with van der Waals surface area (Å²) in [6, 6.07) is 0.957. The maximum atomic E-state index is 6.04. The number of aromatic nitrogens is 3. The molecule has 0 radical (unpaired) electrons. The van der Waals surface area contributed by atoms with E-state index in [1.165, 1.54) is 44.3 Å². The van der Waals surface area contributed by atoms with E-state index in [1.807, 2.05) is 6.92 Å². The van der Waals surface area contributed by atoms with Gasteiger partial charge < -0.3 is 5.73 Å². The fourth-order valence-electron chi connectivity index (χ4n) is 3.57. The number of aryl methyl sites for hydroxylation is 1. The number of hydrogen-bond acceptors (Lipinski definition) is 3. The Hall–Kier alpha value is -0.900. The first-order valence-electron chi connectivity index (χ1n) is 7.42. The summed E-state index contributed by atoms with van der Waals surface area (Å²) in [5.41, 5.74) is 6.04. The first-order valence-corrected chi connectivity index (χ1v) is 7.42. The largest absolute Gasteiger partial charge is 0.328 e. The van der Waals surface area contributed by atoms with Crippen molar-refractivity contribution in [1.29, 1.82) is 0 Å². The molecule has 2 N–H and O–H groups in total. The maximum absolute atomic E-state index is 6.04. The monoisotopic (exact) mass is 248 g/mol. The van der Waals surface area contributed by atoms with Gasteiger partial charge in [0.1, 0.15) is 11.6 Å². The summed E-state index contributed by atoms with van der Waals surface area (Å²) < 4.78 is 2.25. The molecule has 0 aromatic carbocycles. The third kappa shape index (κ3) is 2.30. The SMILES string of the molecule is Cc1nc([C@H]2CC[C@@H](N)C2)n(C2CCCCC2)n1. The van der Waals surface area contributed by atoms with Crippen LogP contribution in [0.1, 0.15) is 75.0 Å². The lowest BCUT2D eigenvalue weighted by Crippen LogP contribution is -2.19. The van der Waals surface area contributed by atoms with Crippen molar-refractivity contribution >= 4 is 0 Å². The van der Waals surface area contributed by atoms with Crippen molar-refractivity contribution in [2.24, 2.45) is 5.73 Å². The molecule has 4 heteroatoms. The van der Waals surface area contributed by atoms with Gasteiger partial charge in [0.15, 0.2) is 0 Å². The fourth-order valence-corrected chi connectivity index (χ4v) is 3.57. The van der Waals surface area contributed by atoms with Crippen LogP contribution < -0.4 is 5.73 Å². The smallest absolute Gasteiger partial charge is 0.147 e. The highest BCUT2D eigenvalue weighted by atomic mass is 15.4. The van der Waals surface area contributed by atoms with Crippen molar-refractivity contribution in [2.45, 2.75) is 76.3 Å². The number of hydrogen-bond donors (Lipinski definition) is 1. The maximum Gasteiger partial charge on any atom is 0.147 e. The van der Waals surface area contributed by atoms with Crippen molar-refractivity contribution < 1.29 is 0 Å². The molecule has 2 atom stereocenters. The predicted molar refractivity (Wildman–Crippen MR) is 71.4 cm³/mol. The minimum atomic E-state index is 0.367. The van der Waals surface area contributed by atoms with Gasteiger partial charge in [-0.3, -0.25) is 0 Å². The molecule has 0 amide bonds. The molecule has 2 saturated carbocycles. The molecule has 2 fully saturated rings. The topological polar surface area (TPSA) is 56.7 Å². The van der Waals surface area contributed by atoms with Gasteiger partial charge in [0.2, 0.25) is 0 Å². The van der Waals surface area contributed by atoms with Gasteiger partial charge in [-0.25, -0.2) is 9.67 Å². The average Bonchev–Trinajstić information content (AvgIpc) is 2.96. The second-order valence-electron chi connectivity index (χ2n) is 6.02. The van der Waals surface area contributed by atoms with Crippen molar-refractivity contribution in [3.8, 4) is 0 Å². The molecule has 18 heavy (non-hydrogen) atoms. The number of rotatable bonds is 2. The van der Waals surface area contributed by atoms with E-state index < -0.39 is 0 Å².